The van der Waals surface area contributed by atoms with Gasteiger partial charge in [0.05, 0.1) is 12.2 Å². The summed E-state index contributed by atoms with van der Waals surface area (Å²) in [4.78, 5) is 26.2. The van der Waals surface area contributed by atoms with Gasteiger partial charge in [0.25, 0.3) is 5.91 Å². The fraction of sp³-hybridized carbons (Fsp3) is 0.375. The zero-order valence-corrected chi connectivity index (χ0v) is 17.8. The highest BCUT2D eigenvalue weighted by Gasteiger charge is 2.42. The average Bonchev–Trinajstić information content (AvgIpc) is 2.91. The van der Waals surface area contributed by atoms with Crippen molar-refractivity contribution in [2.24, 2.45) is 5.92 Å². The minimum atomic E-state index is -0.747. The Labute approximate surface area is 183 Å². The molecule has 0 saturated carbocycles. The van der Waals surface area contributed by atoms with Gasteiger partial charge in [0.15, 0.2) is 11.4 Å². The standard InChI is InChI=1S/C24H23F2N3O3/c1-12-8-13-6-7-14-15(4-3-5-17(14)25)21(16(13)9-18(12)26)19-11-28(2)24(32)22-23(31)20(30)10-27-29(19)22/h3-5,9-10,12,19,21,31H,6-8,11H2,1-2H3/t12?,19-,21-/m1/s1. The monoisotopic (exact) mass is 439 g/mol. The SMILES string of the molecule is CC1CC2=C(C=C1F)[C@H]([C@H]1CN(C)C(=O)c3c(O)c(=O)cnn31)c1cccc(F)c1CC2. The molecule has 1 aromatic carbocycles. The lowest BCUT2D eigenvalue weighted by Crippen LogP contribution is -2.45. The largest absolute Gasteiger partial charge is 0.502 e. The molecule has 2 aromatic rings. The molecule has 0 saturated heterocycles. The van der Waals surface area contributed by atoms with Gasteiger partial charge in [-0.25, -0.2) is 8.78 Å². The number of halogens is 2. The number of nitrogens with zero attached hydrogens (tertiary/aromatic N) is 3. The maximum atomic E-state index is 14.9. The molecule has 0 bridgehead atoms. The third kappa shape index (κ3) is 3.00. The molecule has 1 unspecified atom stereocenters. The van der Waals surface area contributed by atoms with Crippen molar-refractivity contribution in [1.82, 2.24) is 14.7 Å². The van der Waals surface area contributed by atoms with Crippen molar-refractivity contribution in [3.63, 3.8) is 0 Å². The van der Waals surface area contributed by atoms with Crippen LogP contribution in [0.2, 0.25) is 0 Å². The van der Waals surface area contributed by atoms with E-state index in [4.69, 9.17) is 0 Å². The molecule has 32 heavy (non-hydrogen) atoms. The number of carbonyl (C=O) groups is 1. The first-order valence-corrected chi connectivity index (χ1v) is 10.7. The Hall–Kier alpha value is -3.29. The second-order valence-corrected chi connectivity index (χ2v) is 8.88. The molecule has 3 atom stereocenters. The summed E-state index contributed by atoms with van der Waals surface area (Å²) in [5.74, 6) is -2.49. The second-order valence-electron chi connectivity index (χ2n) is 8.88. The molecule has 0 radical (unpaired) electrons. The zero-order chi connectivity index (χ0) is 22.7. The van der Waals surface area contributed by atoms with E-state index in [0.717, 1.165) is 17.3 Å². The molecule has 8 heteroatoms. The molecule has 0 fully saturated rings. The molecule has 1 aliphatic heterocycles. The highest BCUT2D eigenvalue weighted by molar-refractivity contribution is 5.95. The molecule has 1 aromatic heterocycles. The van der Waals surface area contributed by atoms with E-state index in [-0.39, 0.29) is 29.8 Å². The zero-order valence-electron chi connectivity index (χ0n) is 17.8. The molecule has 166 valence electrons. The number of aromatic hydroxyl groups is 1. The fourth-order valence-corrected chi connectivity index (χ4v) is 5.30. The lowest BCUT2D eigenvalue weighted by molar-refractivity contribution is 0.0685. The highest BCUT2D eigenvalue weighted by Crippen LogP contribution is 2.48. The third-order valence-corrected chi connectivity index (χ3v) is 6.92. The molecule has 6 nitrogen and oxygen atoms in total. The number of amides is 1. The highest BCUT2D eigenvalue weighted by atomic mass is 19.1. The van der Waals surface area contributed by atoms with Crippen LogP contribution in [0.5, 0.6) is 5.75 Å². The lowest BCUT2D eigenvalue weighted by atomic mass is 9.77. The molecule has 3 aliphatic rings. The average molecular weight is 439 g/mol. The second kappa shape index (κ2) is 7.39. The predicted molar refractivity (Wildman–Crippen MR) is 114 cm³/mol. The van der Waals surface area contributed by atoms with Crippen LogP contribution >= 0.6 is 0 Å². The van der Waals surface area contributed by atoms with E-state index in [0.29, 0.717) is 30.4 Å². The first-order valence-electron chi connectivity index (χ1n) is 10.7. The number of rotatable bonds is 1. The molecule has 5 rings (SSSR count). The molecular weight excluding hydrogens is 416 g/mol. The van der Waals surface area contributed by atoms with Crippen molar-refractivity contribution in [1.29, 1.82) is 0 Å². The first-order chi connectivity index (χ1) is 15.3. The number of carbonyl (C=O) groups excluding carboxylic acids is 1. The smallest absolute Gasteiger partial charge is 0.275 e. The number of fused-ring (bicyclic) bond motifs is 2. The summed E-state index contributed by atoms with van der Waals surface area (Å²) in [6.45, 7) is 2.04. The Bertz CT molecular complexity index is 1260. The number of allylic oxidation sites excluding steroid dienone is 4. The van der Waals surface area contributed by atoms with E-state index < -0.39 is 29.0 Å². The Balaban J connectivity index is 1.79. The van der Waals surface area contributed by atoms with Gasteiger partial charge >= 0.3 is 0 Å². The van der Waals surface area contributed by atoms with Gasteiger partial charge in [0, 0.05) is 25.4 Å². The minimum Gasteiger partial charge on any atom is -0.502 e. The topological polar surface area (TPSA) is 75.4 Å². The van der Waals surface area contributed by atoms with E-state index in [9.17, 15) is 23.5 Å². The van der Waals surface area contributed by atoms with Crippen LogP contribution < -0.4 is 5.43 Å². The van der Waals surface area contributed by atoms with Gasteiger partial charge in [-0.1, -0.05) is 24.6 Å². The van der Waals surface area contributed by atoms with E-state index >= 15 is 0 Å². The Morgan fingerprint density at radius 1 is 1.19 bits per heavy atom. The van der Waals surface area contributed by atoms with Gasteiger partial charge in [-0.2, -0.15) is 5.10 Å². The Kier molecular flexibility index (Phi) is 4.76. The summed E-state index contributed by atoms with van der Waals surface area (Å²) < 4.78 is 31.1. The molecule has 1 amide bonds. The number of likely N-dealkylation sites (N-methyl/N-ethyl adjacent to an activating group) is 1. The van der Waals surface area contributed by atoms with Gasteiger partial charge in [-0.15, -0.1) is 0 Å². The number of benzene rings is 1. The number of hydrogen-bond donors (Lipinski definition) is 1. The molecule has 2 heterocycles. The summed E-state index contributed by atoms with van der Waals surface area (Å²) in [5.41, 5.74) is 2.17. The molecular formula is C24H23F2N3O3. The molecule has 1 N–H and O–H groups in total. The van der Waals surface area contributed by atoms with Crippen LogP contribution in [0.15, 0.2) is 52.2 Å². The van der Waals surface area contributed by atoms with Crippen LogP contribution in [0.4, 0.5) is 8.78 Å². The maximum Gasteiger partial charge on any atom is 0.275 e. The van der Waals surface area contributed by atoms with Crippen LogP contribution in [0.25, 0.3) is 0 Å². The van der Waals surface area contributed by atoms with Crippen molar-refractivity contribution in [2.75, 3.05) is 13.6 Å². The van der Waals surface area contributed by atoms with Crippen molar-refractivity contribution in [3.8, 4) is 5.75 Å². The summed E-state index contributed by atoms with van der Waals surface area (Å²) in [6.07, 6.45) is 4.18. The summed E-state index contributed by atoms with van der Waals surface area (Å²) in [5, 5.41) is 14.6. The van der Waals surface area contributed by atoms with Gasteiger partial charge in [0.2, 0.25) is 5.43 Å². The first kappa shape index (κ1) is 20.6. The van der Waals surface area contributed by atoms with Gasteiger partial charge in [-0.05, 0) is 48.1 Å². The van der Waals surface area contributed by atoms with Crippen molar-refractivity contribution < 1.29 is 18.7 Å². The van der Waals surface area contributed by atoms with E-state index in [1.54, 1.807) is 19.2 Å². The van der Waals surface area contributed by atoms with Crippen molar-refractivity contribution in [3.05, 3.63) is 80.3 Å². The Morgan fingerprint density at radius 3 is 2.75 bits per heavy atom. The quantitative estimate of drug-likeness (QED) is 0.736. The minimum absolute atomic E-state index is 0.200. The molecule has 2 aliphatic carbocycles. The summed E-state index contributed by atoms with van der Waals surface area (Å²) in [6, 6.07) is 4.33. The van der Waals surface area contributed by atoms with Crippen LogP contribution in [-0.4, -0.2) is 39.3 Å². The summed E-state index contributed by atoms with van der Waals surface area (Å²) in [7, 11) is 1.58. The summed E-state index contributed by atoms with van der Waals surface area (Å²) >= 11 is 0. The van der Waals surface area contributed by atoms with Crippen LogP contribution in [0, 0.1) is 11.7 Å². The lowest BCUT2D eigenvalue weighted by Gasteiger charge is -2.39. The number of aromatic nitrogens is 2. The number of hydrogen-bond acceptors (Lipinski definition) is 4. The van der Waals surface area contributed by atoms with Gasteiger partial charge in [-0.3, -0.25) is 14.3 Å². The van der Waals surface area contributed by atoms with Crippen molar-refractivity contribution >= 4 is 5.91 Å². The predicted octanol–water partition coefficient (Wildman–Crippen LogP) is 3.63. The normalized spacial score (nSPS) is 25.0. The van der Waals surface area contributed by atoms with Crippen LogP contribution in [0.3, 0.4) is 0 Å². The Morgan fingerprint density at radius 2 is 1.97 bits per heavy atom. The van der Waals surface area contributed by atoms with E-state index in [1.807, 2.05) is 13.0 Å². The third-order valence-electron chi connectivity index (χ3n) is 6.92. The fourth-order valence-electron chi connectivity index (χ4n) is 5.30. The van der Waals surface area contributed by atoms with Crippen LogP contribution in [-0.2, 0) is 6.42 Å². The van der Waals surface area contributed by atoms with E-state index in [1.165, 1.54) is 15.6 Å². The van der Waals surface area contributed by atoms with Gasteiger partial charge in [0.1, 0.15) is 11.6 Å². The van der Waals surface area contributed by atoms with Gasteiger partial charge < -0.3 is 10.0 Å². The maximum absolute atomic E-state index is 14.9. The van der Waals surface area contributed by atoms with Crippen molar-refractivity contribution in [2.45, 2.75) is 38.1 Å². The van der Waals surface area contributed by atoms with E-state index in [2.05, 4.69) is 5.10 Å². The molecule has 0 spiro atoms. The van der Waals surface area contributed by atoms with Crippen LogP contribution in [0.1, 0.15) is 53.3 Å².